The van der Waals surface area contributed by atoms with Gasteiger partial charge in [-0.25, -0.2) is 4.39 Å². The van der Waals surface area contributed by atoms with Crippen molar-refractivity contribution >= 4 is 17.6 Å². The monoisotopic (exact) mass is 271 g/mol. The van der Waals surface area contributed by atoms with Crippen molar-refractivity contribution < 1.29 is 14.3 Å². The van der Waals surface area contributed by atoms with Crippen molar-refractivity contribution in [2.45, 2.75) is 25.9 Å². The lowest BCUT2D eigenvalue weighted by molar-refractivity contribution is -0.143. The summed E-state index contributed by atoms with van der Waals surface area (Å²) in [5.41, 5.74) is 0.486. The first-order valence-corrected chi connectivity index (χ1v) is 6.27. The van der Waals surface area contributed by atoms with E-state index in [1.54, 1.807) is 17.0 Å². The van der Waals surface area contributed by atoms with Crippen molar-refractivity contribution in [3.8, 4) is 0 Å². The highest BCUT2D eigenvalue weighted by Gasteiger charge is 2.36. The Morgan fingerprint density at radius 3 is 2.94 bits per heavy atom. The third-order valence-corrected chi connectivity index (χ3v) is 3.68. The van der Waals surface area contributed by atoms with Crippen molar-refractivity contribution in [3.05, 3.63) is 34.6 Å². The molecule has 0 radical (unpaired) electrons. The van der Waals surface area contributed by atoms with Gasteiger partial charge >= 0.3 is 5.97 Å². The van der Waals surface area contributed by atoms with Crippen LogP contribution in [0.1, 0.15) is 18.9 Å². The molecule has 2 unspecified atom stereocenters. The molecular formula is C13H15ClFNO2. The summed E-state index contributed by atoms with van der Waals surface area (Å²) in [5.74, 6) is -1.13. The maximum absolute atomic E-state index is 13.7. The van der Waals surface area contributed by atoms with E-state index in [9.17, 15) is 14.3 Å². The van der Waals surface area contributed by atoms with Crippen LogP contribution in [0.25, 0.3) is 0 Å². The normalized spacial score (nSPS) is 24.4. The molecule has 0 aromatic heterocycles. The van der Waals surface area contributed by atoms with Crippen LogP contribution in [0.5, 0.6) is 0 Å². The minimum Gasteiger partial charge on any atom is -0.480 e. The van der Waals surface area contributed by atoms with Gasteiger partial charge in [0, 0.05) is 17.1 Å². The summed E-state index contributed by atoms with van der Waals surface area (Å²) < 4.78 is 13.7. The third-order valence-electron chi connectivity index (χ3n) is 3.45. The molecule has 0 saturated carbocycles. The van der Waals surface area contributed by atoms with Crippen molar-refractivity contribution in [2.75, 3.05) is 6.54 Å². The first-order valence-electron chi connectivity index (χ1n) is 5.90. The molecule has 2 atom stereocenters. The molecule has 1 saturated heterocycles. The van der Waals surface area contributed by atoms with E-state index in [1.807, 2.05) is 6.92 Å². The first-order chi connectivity index (χ1) is 8.49. The summed E-state index contributed by atoms with van der Waals surface area (Å²) in [6.45, 7) is 2.90. The molecule has 1 aromatic rings. The zero-order chi connectivity index (χ0) is 13.3. The average molecular weight is 272 g/mol. The van der Waals surface area contributed by atoms with Crippen LogP contribution in [0, 0.1) is 11.7 Å². The number of aliphatic carboxylic acids is 1. The van der Waals surface area contributed by atoms with Crippen LogP contribution in [0.4, 0.5) is 4.39 Å². The quantitative estimate of drug-likeness (QED) is 0.919. The second-order valence-electron chi connectivity index (χ2n) is 4.76. The lowest BCUT2D eigenvalue weighted by Gasteiger charge is -2.23. The Hall–Kier alpha value is -1.13. The van der Waals surface area contributed by atoms with Gasteiger partial charge in [0.15, 0.2) is 0 Å². The molecule has 1 aromatic carbocycles. The number of likely N-dealkylation sites (tertiary alicyclic amines) is 1. The van der Waals surface area contributed by atoms with Crippen molar-refractivity contribution in [2.24, 2.45) is 5.92 Å². The van der Waals surface area contributed by atoms with Gasteiger partial charge < -0.3 is 5.11 Å². The highest BCUT2D eigenvalue weighted by molar-refractivity contribution is 6.30. The van der Waals surface area contributed by atoms with Gasteiger partial charge in [-0.2, -0.15) is 0 Å². The molecule has 0 aliphatic carbocycles. The second kappa shape index (κ2) is 5.24. The Balaban J connectivity index is 2.16. The number of carboxylic acid groups (broad SMARTS) is 1. The molecule has 5 heteroatoms. The molecule has 2 rings (SSSR count). The zero-order valence-corrected chi connectivity index (χ0v) is 10.8. The van der Waals surface area contributed by atoms with Crippen LogP contribution in [0.2, 0.25) is 5.02 Å². The van der Waals surface area contributed by atoms with Crippen molar-refractivity contribution in [1.82, 2.24) is 4.90 Å². The van der Waals surface area contributed by atoms with Crippen LogP contribution in [-0.4, -0.2) is 28.6 Å². The van der Waals surface area contributed by atoms with Gasteiger partial charge in [0.05, 0.1) is 0 Å². The fraction of sp³-hybridized carbons (Fsp3) is 0.462. The van der Waals surface area contributed by atoms with Crippen LogP contribution in [-0.2, 0) is 11.3 Å². The summed E-state index contributed by atoms with van der Waals surface area (Å²) in [7, 11) is 0. The predicted octanol–water partition coefficient (Wildman–Crippen LogP) is 2.77. The van der Waals surface area contributed by atoms with Crippen LogP contribution in [0.15, 0.2) is 18.2 Å². The highest BCUT2D eigenvalue weighted by atomic mass is 35.5. The standard InChI is InChI=1S/C13H15ClFNO2/c1-8-4-5-16(12(8)13(17)18)7-9-2-3-10(14)6-11(9)15/h2-3,6,8,12H,4-5,7H2,1H3,(H,17,18). The molecular weight excluding hydrogens is 257 g/mol. The number of nitrogens with zero attached hydrogens (tertiary/aromatic N) is 1. The summed E-state index contributed by atoms with van der Waals surface area (Å²) in [6.07, 6.45) is 0.826. The smallest absolute Gasteiger partial charge is 0.321 e. The number of halogens is 2. The Morgan fingerprint density at radius 2 is 2.33 bits per heavy atom. The van der Waals surface area contributed by atoms with Crippen LogP contribution < -0.4 is 0 Å². The zero-order valence-electron chi connectivity index (χ0n) is 10.1. The summed E-state index contributed by atoms with van der Waals surface area (Å²) >= 11 is 5.69. The lowest BCUT2D eigenvalue weighted by Crippen LogP contribution is -2.38. The maximum Gasteiger partial charge on any atom is 0.321 e. The van der Waals surface area contributed by atoms with E-state index in [-0.39, 0.29) is 11.7 Å². The van der Waals surface area contributed by atoms with E-state index >= 15 is 0 Å². The number of carbonyl (C=O) groups is 1. The molecule has 0 spiro atoms. The Morgan fingerprint density at radius 1 is 1.61 bits per heavy atom. The van der Waals surface area contributed by atoms with Crippen LogP contribution in [0.3, 0.4) is 0 Å². The van der Waals surface area contributed by atoms with Gasteiger partial charge in [-0.1, -0.05) is 24.6 Å². The summed E-state index contributed by atoms with van der Waals surface area (Å²) in [5, 5.41) is 9.54. The molecule has 1 fully saturated rings. The van der Waals surface area contributed by atoms with Gasteiger partial charge in [0.25, 0.3) is 0 Å². The molecule has 3 nitrogen and oxygen atoms in total. The molecule has 18 heavy (non-hydrogen) atoms. The van der Waals surface area contributed by atoms with E-state index in [2.05, 4.69) is 0 Å². The Kier molecular flexibility index (Phi) is 3.88. The number of rotatable bonds is 3. The first kappa shape index (κ1) is 13.3. The van der Waals surface area contributed by atoms with E-state index in [4.69, 9.17) is 11.6 Å². The molecule has 0 amide bonds. The fourth-order valence-corrected chi connectivity index (χ4v) is 2.63. The highest BCUT2D eigenvalue weighted by Crippen LogP contribution is 2.27. The third kappa shape index (κ3) is 2.65. The minimum absolute atomic E-state index is 0.0952. The number of carboxylic acids is 1. The van der Waals surface area contributed by atoms with Gasteiger partial charge in [0.1, 0.15) is 11.9 Å². The Labute approximate surface area is 110 Å². The van der Waals surface area contributed by atoms with E-state index in [0.29, 0.717) is 23.7 Å². The SMILES string of the molecule is CC1CCN(Cc2ccc(Cl)cc2F)C1C(=O)O. The molecule has 1 aliphatic rings. The second-order valence-corrected chi connectivity index (χ2v) is 5.19. The average Bonchev–Trinajstić information content (AvgIpc) is 2.64. The van der Waals surface area contributed by atoms with E-state index in [1.165, 1.54) is 6.07 Å². The molecule has 1 N–H and O–H groups in total. The Bertz CT molecular complexity index is 466. The summed E-state index contributed by atoms with van der Waals surface area (Å²) in [4.78, 5) is 13.0. The number of hydrogen-bond acceptors (Lipinski definition) is 2. The minimum atomic E-state index is -0.839. The van der Waals surface area contributed by atoms with E-state index < -0.39 is 12.0 Å². The van der Waals surface area contributed by atoms with E-state index in [0.717, 1.165) is 6.42 Å². The largest absolute Gasteiger partial charge is 0.480 e. The van der Waals surface area contributed by atoms with Gasteiger partial charge in [0.2, 0.25) is 0 Å². The van der Waals surface area contributed by atoms with Crippen molar-refractivity contribution in [1.29, 1.82) is 0 Å². The van der Waals surface area contributed by atoms with Crippen LogP contribution >= 0.6 is 11.6 Å². The molecule has 0 bridgehead atoms. The number of hydrogen-bond donors (Lipinski definition) is 1. The maximum atomic E-state index is 13.7. The molecule has 1 aliphatic heterocycles. The van der Waals surface area contributed by atoms with Gasteiger partial charge in [-0.3, -0.25) is 9.69 Å². The van der Waals surface area contributed by atoms with Gasteiger partial charge in [-0.05, 0) is 31.0 Å². The fourth-order valence-electron chi connectivity index (χ4n) is 2.47. The lowest BCUT2D eigenvalue weighted by atomic mass is 10.0. The molecule has 1 heterocycles. The number of benzene rings is 1. The van der Waals surface area contributed by atoms with Gasteiger partial charge in [-0.15, -0.1) is 0 Å². The summed E-state index contributed by atoms with van der Waals surface area (Å²) in [6, 6.07) is 3.96. The predicted molar refractivity (Wildman–Crippen MR) is 67.0 cm³/mol. The topological polar surface area (TPSA) is 40.5 Å². The van der Waals surface area contributed by atoms with Crippen molar-refractivity contribution in [3.63, 3.8) is 0 Å². The molecule has 98 valence electrons.